The fourth-order valence-electron chi connectivity index (χ4n) is 5.76. The molecule has 9 nitrogen and oxygen atoms in total. The summed E-state index contributed by atoms with van der Waals surface area (Å²) in [6, 6.07) is 16.9. The minimum atomic E-state index is -0.238. The predicted molar refractivity (Wildman–Crippen MR) is 176 cm³/mol. The second-order valence-electron chi connectivity index (χ2n) is 11.6. The van der Waals surface area contributed by atoms with Gasteiger partial charge in [0, 0.05) is 74.0 Å². The largest absolute Gasteiger partial charge is 0.493 e. The van der Waals surface area contributed by atoms with E-state index in [4.69, 9.17) is 18.9 Å². The number of nitrogens with zero attached hydrogens (tertiary/aromatic N) is 3. The first kappa shape index (κ1) is 31.0. The summed E-state index contributed by atoms with van der Waals surface area (Å²) < 4.78 is 24.5. The van der Waals surface area contributed by atoms with Gasteiger partial charge in [-0.15, -0.1) is 0 Å². The van der Waals surface area contributed by atoms with Crippen LogP contribution in [-0.2, 0) is 17.7 Å². The van der Waals surface area contributed by atoms with E-state index in [0.717, 1.165) is 54.7 Å². The monoisotopic (exact) mass is 619 g/mol. The molecule has 0 spiro atoms. The number of ketones is 1. The summed E-state index contributed by atoms with van der Waals surface area (Å²) in [5.41, 5.74) is 4.00. The van der Waals surface area contributed by atoms with Crippen LogP contribution in [0.4, 0.5) is 0 Å². The number of pyridine rings is 3. The third kappa shape index (κ3) is 6.94. The Bertz CT molecular complexity index is 1890. The van der Waals surface area contributed by atoms with Crippen LogP contribution in [0.2, 0.25) is 0 Å². The Morgan fingerprint density at radius 1 is 0.935 bits per heavy atom. The molecule has 3 aromatic heterocycles. The molecule has 0 atom stereocenters. The number of carbonyl (C=O) groups excluding carboxylic acids is 1. The van der Waals surface area contributed by atoms with Gasteiger partial charge in [-0.1, -0.05) is 35.9 Å². The third-order valence-electron chi connectivity index (χ3n) is 8.41. The van der Waals surface area contributed by atoms with Gasteiger partial charge in [0.05, 0.1) is 25.3 Å². The van der Waals surface area contributed by atoms with Crippen LogP contribution < -0.4 is 19.6 Å². The number of rotatable bonds is 11. The van der Waals surface area contributed by atoms with Crippen LogP contribution in [-0.4, -0.2) is 47.8 Å². The highest BCUT2D eigenvalue weighted by Gasteiger charge is 2.20. The van der Waals surface area contributed by atoms with Crippen LogP contribution in [0.1, 0.15) is 40.7 Å². The average molecular weight is 620 g/mol. The molecule has 236 valence electrons. The summed E-state index contributed by atoms with van der Waals surface area (Å²) in [5.74, 6) is 2.38. The highest BCUT2D eigenvalue weighted by atomic mass is 16.5. The second kappa shape index (κ2) is 14.0. The first-order valence-corrected chi connectivity index (χ1v) is 15.5. The third-order valence-corrected chi connectivity index (χ3v) is 8.41. The standard InChI is InChI=1S/C37H37N3O6/c1-24-4-8-27(9-5-24)29-22-40(21-26-13-16-45-17-14-26)23-30(37(29)42)32(41)10-6-25-7-11-36(39-20-25)46-33-12-15-38-31-19-35(44-3)34(43-2)18-28(31)33/h4-5,7-9,11-12,15,18-20,22-23,26H,6,10,13-14,16-17,21H2,1-3H3. The van der Waals surface area contributed by atoms with Gasteiger partial charge in [0.15, 0.2) is 22.7 Å². The Morgan fingerprint density at radius 2 is 1.70 bits per heavy atom. The molecule has 2 aromatic carbocycles. The summed E-state index contributed by atoms with van der Waals surface area (Å²) in [6.07, 6.45) is 9.52. The number of carbonyl (C=O) groups is 1. The first-order chi connectivity index (χ1) is 22.4. The van der Waals surface area contributed by atoms with Crippen molar-refractivity contribution in [3.63, 3.8) is 0 Å². The molecule has 5 aromatic rings. The Labute approximate surface area is 267 Å². The van der Waals surface area contributed by atoms with E-state index in [0.29, 0.717) is 46.5 Å². The summed E-state index contributed by atoms with van der Waals surface area (Å²) in [7, 11) is 3.16. The van der Waals surface area contributed by atoms with Crippen molar-refractivity contribution in [3.8, 4) is 34.3 Å². The van der Waals surface area contributed by atoms with Gasteiger partial charge in [-0.25, -0.2) is 4.98 Å². The molecular formula is C37H37N3O6. The zero-order valence-electron chi connectivity index (χ0n) is 26.3. The van der Waals surface area contributed by atoms with Crippen LogP contribution in [0.25, 0.3) is 22.0 Å². The molecule has 0 N–H and O–H groups in total. The van der Waals surface area contributed by atoms with Crippen molar-refractivity contribution in [2.45, 2.75) is 39.2 Å². The predicted octanol–water partition coefficient (Wildman–Crippen LogP) is 6.82. The molecule has 0 unspecified atom stereocenters. The Balaban J connectivity index is 1.18. The van der Waals surface area contributed by atoms with E-state index in [-0.39, 0.29) is 23.2 Å². The number of hydrogen-bond donors (Lipinski definition) is 0. The zero-order valence-corrected chi connectivity index (χ0v) is 26.3. The van der Waals surface area contributed by atoms with Crippen molar-refractivity contribution in [2.24, 2.45) is 5.92 Å². The Morgan fingerprint density at radius 3 is 2.41 bits per heavy atom. The molecule has 1 saturated heterocycles. The molecular weight excluding hydrogens is 582 g/mol. The van der Waals surface area contributed by atoms with Crippen LogP contribution in [0.5, 0.6) is 23.1 Å². The normalized spacial score (nSPS) is 13.5. The van der Waals surface area contributed by atoms with Crippen LogP contribution in [0.3, 0.4) is 0 Å². The molecule has 6 rings (SSSR count). The molecule has 9 heteroatoms. The van der Waals surface area contributed by atoms with Gasteiger partial charge in [0.1, 0.15) is 5.75 Å². The second-order valence-corrected chi connectivity index (χ2v) is 11.6. The van der Waals surface area contributed by atoms with Crippen LogP contribution in [0.15, 0.2) is 84.2 Å². The molecule has 1 fully saturated rings. The molecule has 1 aliphatic rings. The first-order valence-electron chi connectivity index (χ1n) is 15.5. The number of benzene rings is 2. The zero-order chi connectivity index (χ0) is 32.0. The SMILES string of the molecule is COc1cc2nccc(Oc3ccc(CCC(=O)c4cn(CC5CCOCC5)cc(-c5ccc(C)cc5)c4=O)cn3)c2cc1OC. The van der Waals surface area contributed by atoms with Crippen LogP contribution >= 0.6 is 0 Å². The highest BCUT2D eigenvalue weighted by molar-refractivity contribution is 5.97. The number of hydrogen-bond acceptors (Lipinski definition) is 8. The average Bonchev–Trinajstić information content (AvgIpc) is 3.09. The molecule has 0 aliphatic carbocycles. The van der Waals surface area contributed by atoms with E-state index in [1.54, 1.807) is 51.0 Å². The topological polar surface area (TPSA) is 102 Å². The van der Waals surface area contributed by atoms with E-state index < -0.39 is 0 Å². The Kier molecular flexibility index (Phi) is 9.40. The fraction of sp³-hybridized carbons (Fsp3) is 0.297. The van der Waals surface area contributed by atoms with Gasteiger partial charge in [0.2, 0.25) is 5.88 Å². The quantitative estimate of drug-likeness (QED) is 0.149. The summed E-state index contributed by atoms with van der Waals surface area (Å²) in [6.45, 7) is 4.23. The number of methoxy groups -OCH3 is 2. The molecule has 0 bridgehead atoms. The van der Waals surface area contributed by atoms with Crippen molar-refractivity contribution in [1.29, 1.82) is 0 Å². The lowest BCUT2D eigenvalue weighted by Gasteiger charge is -2.23. The van der Waals surface area contributed by atoms with Gasteiger partial charge < -0.3 is 23.5 Å². The van der Waals surface area contributed by atoms with Crippen molar-refractivity contribution < 1.29 is 23.7 Å². The maximum absolute atomic E-state index is 13.6. The van der Waals surface area contributed by atoms with Crippen LogP contribution in [0, 0.1) is 12.8 Å². The van der Waals surface area contributed by atoms with E-state index in [1.807, 2.05) is 54.1 Å². The maximum Gasteiger partial charge on any atom is 0.219 e. The molecule has 0 amide bonds. The van der Waals surface area contributed by atoms with Crippen molar-refractivity contribution in [3.05, 3.63) is 106 Å². The summed E-state index contributed by atoms with van der Waals surface area (Å²) in [4.78, 5) is 36.1. The number of aryl methyl sites for hydroxylation is 2. The molecule has 1 aliphatic heterocycles. The van der Waals surface area contributed by atoms with E-state index in [1.165, 1.54) is 0 Å². The van der Waals surface area contributed by atoms with Gasteiger partial charge in [-0.2, -0.15) is 0 Å². The number of fused-ring (bicyclic) bond motifs is 1. The van der Waals surface area contributed by atoms with Crippen molar-refractivity contribution in [1.82, 2.24) is 14.5 Å². The molecule has 0 saturated carbocycles. The van der Waals surface area contributed by atoms with Gasteiger partial charge in [-0.3, -0.25) is 14.6 Å². The summed E-state index contributed by atoms with van der Waals surface area (Å²) in [5, 5.41) is 0.756. The summed E-state index contributed by atoms with van der Waals surface area (Å²) >= 11 is 0. The Hall–Kier alpha value is -5.02. The minimum Gasteiger partial charge on any atom is -0.493 e. The molecule has 4 heterocycles. The van der Waals surface area contributed by atoms with Gasteiger partial charge >= 0.3 is 0 Å². The van der Waals surface area contributed by atoms with Gasteiger partial charge in [-0.05, 0) is 55.4 Å². The highest BCUT2D eigenvalue weighted by Crippen LogP contribution is 2.36. The van der Waals surface area contributed by atoms with E-state index in [2.05, 4.69) is 9.97 Å². The minimum absolute atomic E-state index is 0.183. The van der Waals surface area contributed by atoms with Crippen molar-refractivity contribution >= 4 is 16.7 Å². The maximum atomic E-state index is 13.6. The fourth-order valence-corrected chi connectivity index (χ4v) is 5.76. The number of Topliss-reactive ketones (excluding diaryl/α,β-unsaturated/α-hetero) is 1. The van der Waals surface area contributed by atoms with E-state index in [9.17, 15) is 9.59 Å². The lowest BCUT2D eigenvalue weighted by Crippen LogP contribution is -2.24. The molecule has 0 radical (unpaired) electrons. The van der Waals surface area contributed by atoms with E-state index >= 15 is 0 Å². The lowest BCUT2D eigenvalue weighted by atomic mass is 9.97. The number of aromatic nitrogens is 3. The lowest BCUT2D eigenvalue weighted by molar-refractivity contribution is 0.0612. The smallest absolute Gasteiger partial charge is 0.219 e. The molecule has 46 heavy (non-hydrogen) atoms. The van der Waals surface area contributed by atoms with Gasteiger partial charge in [0.25, 0.3) is 0 Å². The number of ether oxygens (including phenoxy) is 4. The van der Waals surface area contributed by atoms with Crippen molar-refractivity contribution in [2.75, 3.05) is 27.4 Å².